The van der Waals surface area contributed by atoms with Crippen molar-refractivity contribution in [3.8, 4) is 11.3 Å². The van der Waals surface area contributed by atoms with E-state index in [0.717, 1.165) is 0 Å². The number of anilines is 1. The molecule has 4 rings (SSSR count). The van der Waals surface area contributed by atoms with Crippen LogP contribution in [0.4, 0.5) is 15.8 Å². The lowest BCUT2D eigenvalue weighted by molar-refractivity contribution is -0.384. The fourth-order valence-electron chi connectivity index (χ4n) is 3.39. The van der Waals surface area contributed by atoms with E-state index in [0.29, 0.717) is 31.9 Å². The van der Waals surface area contributed by atoms with Gasteiger partial charge >= 0.3 is 0 Å². The Bertz CT molecular complexity index is 1110. The lowest BCUT2D eigenvalue weighted by Gasteiger charge is -2.35. The summed E-state index contributed by atoms with van der Waals surface area (Å²) in [6.45, 7) is 1.51. The average Bonchev–Trinajstić information content (AvgIpc) is 3.23. The van der Waals surface area contributed by atoms with Crippen molar-refractivity contribution in [2.24, 2.45) is 0 Å². The van der Waals surface area contributed by atoms with Gasteiger partial charge in [0.1, 0.15) is 11.5 Å². The molecule has 0 bridgehead atoms. The van der Waals surface area contributed by atoms with E-state index in [4.69, 9.17) is 16.1 Å². The SMILES string of the molecule is O=C(c1cc(-c2ccccc2F)on1)N1CCN(c2ccc(Cl)cc2[N+](=O)[O-])CC1. The Morgan fingerprint density at radius 1 is 1.13 bits per heavy atom. The quantitative estimate of drug-likeness (QED) is 0.458. The van der Waals surface area contributed by atoms with Gasteiger partial charge in [0.25, 0.3) is 11.6 Å². The van der Waals surface area contributed by atoms with Crippen LogP contribution in [-0.2, 0) is 0 Å². The number of carbonyl (C=O) groups is 1. The highest BCUT2D eigenvalue weighted by atomic mass is 35.5. The molecule has 2 aromatic carbocycles. The molecule has 0 spiro atoms. The van der Waals surface area contributed by atoms with Crippen molar-refractivity contribution in [3.05, 3.63) is 75.2 Å². The van der Waals surface area contributed by atoms with Crippen LogP contribution in [-0.4, -0.2) is 47.1 Å². The molecular weight excluding hydrogens is 415 g/mol. The van der Waals surface area contributed by atoms with Crippen LogP contribution < -0.4 is 4.90 Å². The molecule has 1 aliphatic rings. The second-order valence-corrected chi connectivity index (χ2v) is 7.16. The number of hydrogen-bond donors (Lipinski definition) is 0. The van der Waals surface area contributed by atoms with Crippen molar-refractivity contribution < 1.29 is 18.6 Å². The molecule has 0 N–H and O–H groups in total. The van der Waals surface area contributed by atoms with E-state index in [1.54, 1.807) is 35.2 Å². The minimum Gasteiger partial charge on any atom is -0.362 e. The van der Waals surface area contributed by atoms with Crippen molar-refractivity contribution in [3.63, 3.8) is 0 Å². The molecule has 0 atom stereocenters. The Kier molecular flexibility index (Phi) is 5.37. The van der Waals surface area contributed by atoms with Crippen molar-refractivity contribution >= 4 is 28.9 Å². The molecule has 1 aliphatic heterocycles. The van der Waals surface area contributed by atoms with Crippen LogP contribution >= 0.6 is 11.6 Å². The molecule has 30 heavy (non-hydrogen) atoms. The molecule has 8 nitrogen and oxygen atoms in total. The first-order valence-electron chi connectivity index (χ1n) is 9.14. The summed E-state index contributed by atoms with van der Waals surface area (Å²) in [6.07, 6.45) is 0. The zero-order valence-corrected chi connectivity index (χ0v) is 16.4. The number of carbonyl (C=O) groups excluding carboxylic acids is 1. The molecule has 0 saturated carbocycles. The molecular formula is C20H16ClFN4O4. The third kappa shape index (κ3) is 3.84. The number of aromatic nitrogens is 1. The lowest BCUT2D eigenvalue weighted by Crippen LogP contribution is -2.49. The highest BCUT2D eigenvalue weighted by Gasteiger charge is 2.28. The summed E-state index contributed by atoms with van der Waals surface area (Å²) in [5.74, 6) is -0.635. The minimum absolute atomic E-state index is 0.0756. The van der Waals surface area contributed by atoms with Gasteiger partial charge in [0.05, 0.1) is 10.5 Å². The van der Waals surface area contributed by atoms with Crippen molar-refractivity contribution in [2.45, 2.75) is 0 Å². The Labute approximate surface area is 175 Å². The van der Waals surface area contributed by atoms with Crippen LogP contribution in [0.2, 0.25) is 5.02 Å². The highest BCUT2D eigenvalue weighted by Crippen LogP contribution is 2.32. The Morgan fingerprint density at radius 2 is 1.87 bits per heavy atom. The molecule has 0 radical (unpaired) electrons. The van der Waals surface area contributed by atoms with Crippen LogP contribution in [0, 0.1) is 15.9 Å². The molecule has 10 heteroatoms. The van der Waals surface area contributed by atoms with Gasteiger partial charge in [-0.3, -0.25) is 14.9 Å². The Hall–Kier alpha value is -3.46. The van der Waals surface area contributed by atoms with Gasteiger partial charge in [-0.05, 0) is 24.3 Å². The predicted molar refractivity (Wildman–Crippen MR) is 108 cm³/mol. The summed E-state index contributed by atoms with van der Waals surface area (Å²) in [7, 11) is 0. The van der Waals surface area contributed by atoms with Crippen LogP contribution in [0.1, 0.15) is 10.5 Å². The van der Waals surface area contributed by atoms with E-state index >= 15 is 0 Å². The predicted octanol–water partition coefficient (Wildman–Crippen LogP) is 4.00. The number of rotatable bonds is 4. The molecule has 1 saturated heterocycles. The number of halogens is 2. The van der Waals surface area contributed by atoms with Gasteiger partial charge in [0.2, 0.25) is 0 Å². The summed E-state index contributed by atoms with van der Waals surface area (Å²) >= 11 is 5.87. The third-order valence-corrected chi connectivity index (χ3v) is 5.15. The maximum atomic E-state index is 13.9. The molecule has 0 unspecified atom stereocenters. The second kappa shape index (κ2) is 8.11. The standard InChI is InChI=1S/C20H16ClFN4O4/c21-13-5-6-17(18(11-13)26(28)29)24-7-9-25(10-8-24)20(27)16-12-19(30-23-16)14-3-1-2-4-15(14)22/h1-6,11-12H,7-10H2. The van der Waals surface area contributed by atoms with Crippen molar-refractivity contribution in [1.29, 1.82) is 0 Å². The number of nitro benzene ring substituents is 1. The molecule has 1 fully saturated rings. The molecule has 3 aromatic rings. The molecule has 2 heterocycles. The van der Waals surface area contributed by atoms with Gasteiger partial charge in [-0.15, -0.1) is 0 Å². The van der Waals surface area contributed by atoms with E-state index in [1.807, 2.05) is 4.90 Å². The number of nitrogens with zero attached hydrogens (tertiary/aromatic N) is 4. The first-order chi connectivity index (χ1) is 14.4. The van der Waals surface area contributed by atoms with Gasteiger partial charge in [0, 0.05) is 43.3 Å². The first-order valence-corrected chi connectivity index (χ1v) is 9.51. The zero-order valence-electron chi connectivity index (χ0n) is 15.6. The van der Waals surface area contributed by atoms with Gasteiger partial charge in [-0.1, -0.05) is 28.9 Å². The van der Waals surface area contributed by atoms with Crippen LogP contribution in [0.5, 0.6) is 0 Å². The van der Waals surface area contributed by atoms with Gasteiger partial charge < -0.3 is 14.3 Å². The van der Waals surface area contributed by atoms with E-state index in [9.17, 15) is 19.3 Å². The second-order valence-electron chi connectivity index (χ2n) is 6.73. The van der Waals surface area contributed by atoms with Crippen molar-refractivity contribution in [1.82, 2.24) is 10.1 Å². The monoisotopic (exact) mass is 430 g/mol. The number of piperazine rings is 1. The van der Waals surface area contributed by atoms with Crippen molar-refractivity contribution in [2.75, 3.05) is 31.1 Å². The smallest absolute Gasteiger partial charge is 0.294 e. The number of amides is 1. The van der Waals surface area contributed by atoms with E-state index in [-0.39, 0.29) is 33.6 Å². The summed E-state index contributed by atoms with van der Waals surface area (Å²) in [4.78, 5) is 27.0. The van der Waals surface area contributed by atoms with Crippen LogP contribution in [0.25, 0.3) is 11.3 Å². The Morgan fingerprint density at radius 3 is 2.57 bits per heavy atom. The molecule has 1 amide bonds. The summed E-state index contributed by atoms with van der Waals surface area (Å²) in [6, 6.07) is 12.0. The first kappa shape index (κ1) is 19.8. The van der Waals surface area contributed by atoms with Gasteiger partial charge in [0.15, 0.2) is 11.5 Å². The van der Waals surface area contributed by atoms with Gasteiger partial charge in [-0.2, -0.15) is 0 Å². The number of nitro groups is 1. The Balaban J connectivity index is 1.46. The summed E-state index contributed by atoms with van der Waals surface area (Å²) in [5.41, 5.74) is 0.691. The van der Waals surface area contributed by atoms with Crippen LogP contribution in [0.15, 0.2) is 53.1 Å². The average molecular weight is 431 g/mol. The molecule has 1 aromatic heterocycles. The van der Waals surface area contributed by atoms with E-state index in [1.165, 1.54) is 18.2 Å². The zero-order chi connectivity index (χ0) is 21.3. The minimum atomic E-state index is -0.474. The largest absolute Gasteiger partial charge is 0.362 e. The third-order valence-electron chi connectivity index (χ3n) is 4.91. The van der Waals surface area contributed by atoms with Crippen LogP contribution in [0.3, 0.4) is 0 Å². The fourth-order valence-corrected chi connectivity index (χ4v) is 3.55. The summed E-state index contributed by atoms with van der Waals surface area (Å²) in [5, 5.41) is 15.4. The molecule has 154 valence electrons. The highest BCUT2D eigenvalue weighted by molar-refractivity contribution is 6.30. The molecule has 0 aliphatic carbocycles. The van der Waals surface area contributed by atoms with E-state index in [2.05, 4.69) is 5.16 Å². The maximum absolute atomic E-state index is 13.9. The normalized spacial score (nSPS) is 14.1. The number of hydrogen-bond acceptors (Lipinski definition) is 6. The summed E-state index contributed by atoms with van der Waals surface area (Å²) < 4.78 is 19.1. The van der Waals surface area contributed by atoms with Gasteiger partial charge in [-0.25, -0.2) is 4.39 Å². The topological polar surface area (TPSA) is 92.7 Å². The lowest BCUT2D eigenvalue weighted by atomic mass is 10.1. The fraction of sp³-hybridized carbons (Fsp3) is 0.200. The number of benzene rings is 2. The maximum Gasteiger partial charge on any atom is 0.294 e. The van der Waals surface area contributed by atoms with E-state index < -0.39 is 10.7 Å².